The van der Waals surface area contributed by atoms with Crippen LogP contribution in [0.5, 0.6) is 0 Å². The molecule has 0 saturated carbocycles. The van der Waals surface area contributed by atoms with Crippen LogP contribution in [0.4, 0.5) is 15.8 Å². The summed E-state index contributed by atoms with van der Waals surface area (Å²) in [6, 6.07) is 2.09. The largest absolute Gasteiger partial charge is 0.398 e. The van der Waals surface area contributed by atoms with E-state index in [0.717, 1.165) is 12.1 Å². The predicted molar refractivity (Wildman–Crippen MR) is 43.7 cm³/mol. The predicted octanol–water partition coefficient (Wildman–Crippen LogP) is 0.0890. The maximum Gasteiger partial charge on any atom is 0.250 e. The number of primary amides is 1. The van der Waals surface area contributed by atoms with Crippen LogP contribution in [-0.4, -0.2) is 5.91 Å². The molecule has 0 aliphatic carbocycles. The number of rotatable bonds is 1. The van der Waals surface area contributed by atoms with Gasteiger partial charge in [0.25, 0.3) is 5.91 Å². The Kier molecular flexibility index (Phi) is 1.86. The molecule has 6 N–H and O–H groups in total. The maximum absolute atomic E-state index is 12.7. The van der Waals surface area contributed by atoms with Gasteiger partial charge in [-0.2, -0.15) is 0 Å². The van der Waals surface area contributed by atoms with Crippen molar-refractivity contribution in [1.82, 2.24) is 0 Å². The van der Waals surface area contributed by atoms with Crippen molar-refractivity contribution in [2.24, 2.45) is 5.73 Å². The summed E-state index contributed by atoms with van der Waals surface area (Å²) in [5, 5.41) is 0. The normalized spacial score (nSPS) is 9.75. The van der Waals surface area contributed by atoms with Gasteiger partial charge < -0.3 is 17.2 Å². The van der Waals surface area contributed by atoms with E-state index >= 15 is 0 Å². The molecule has 0 aliphatic heterocycles. The van der Waals surface area contributed by atoms with Gasteiger partial charge >= 0.3 is 0 Å². The van der Waals surface area contributed by atoms with Crippen LogP contribution in [0.25, 0.3) is 0 Å². The summed E-state index contributed by atoms with van der Waals surface area (Å²) in [6.07, 6.45) is 0. The Morgan fingerprint density at radius 2 is 1.83 bits per heavy atom. The van der Waals surface area contributed by atoms with E-state index in [1.54, 1.807) is 0 Å². The highest BCUT2D eigenvalue weighted by Gasteiger charge is 2.09. The zero-order valence-electron chi connectivity index (χ0n) is 6.17. The van der Waals surface area contributed by atoms with Gasteiger partial charge in [0.2, 0.25) is 0 Å². The molecule has 4 nitrogen and oxygen atoms in total. The number of carbonyl (C=O) groups excluding carboxylic acids is 1. The number of hydrogen-bond acceptors (Lipinski definition) is 3. The van der Waals surface area contributed by atoms with Gasteiger partial charge in [-0.25, -0.2) is 4.39 Å². The zero-order valence-corrected chi connectivity index (χ0v) is 6.17. The highest BCUT2D eigenvalue weighted by Crippen LogP contribution is 2.18. The number of anilines is 2. The molecule has 12 heavy (non-hydrogen) atoms. The second-order valence-corrected chi connectivity index (χ2v) is 2.33. The Balaban J connectivity index is 3.33. The van der Waals surface area contributed by atoms with Gasteiger partial charge in [-0.05, 0) is 12.1 Å². The summed E-state index contributed by atoms with van der Waals surface area (Å²) in [4.78, 5) is 10.6. The third kappa shape index (κ3) is 1.29. The average molecular weight is 169 g/mol. The average Bonchev–Trinajstić information content (AvgIpc) is 1.96. The molecule has 0 aromatic heterocycles. The number of hydrogen-bond donors (Lipinski definition) is 3. The van der Waals surface area contributed by atoms with Gasteiger partial charge in [0.05, 0.1) is 11.3 Å². The summed E-state index contributed by atoms with van der Waals surface area (Å²) < 4.78 is 12.7. The molecule has 0 bridgehead atoms. The molecule has 0 saturated heterocycles. The second kappa shape index (κ2) is 2.69. The molecule has 0 heterocycles. The smallest absolute Gasteiger partial charge is 0.250 e. The number of carbonyl (C=O) groups is 1. The molecule has 1 aromatic carbocycles. The zero-order chi connectivity index (χ0) is 9.30. The molecule has 1 aromatic rings. The Hall–Kier alpha value is -1.78. The molecule has 0 radical (unpaired) electrons. The van der Waals surface area contributed by atoms with E-state index in [9.17, 15) is 9.18 Å². The quantitative estimate of drug-likeness (QED) is 0.520. The highest BCUT2D eigenvalue weighted by molar-refractivity contribution is 5.98. The van der Waals surface area contributed by atoms with Crippen LogP contribution in [0.3, 0.4) is 0 Å². The van der Waals surface area contributed by atoms with E-state index in [0.29, 0.717) is 0 Å². The van der Waals surface area contributed by atoms with Crippen molar-refractivity contribution in [2.75, 3.05) is 11.5 Å². The minimum Gasteiger partial charge on any atom is -0.398 e. The Bertz CT molecular complexity index is 338. The monoisotopic (exact) mass is 169 g/mol. The molecule has 0 aliphatic rings. The van der Waals surface area contributed by atoms with E-state index < -0.39 is 11.7 Å². The second-order valence-electron chi connectivity index (χ2n) is 2.33. The molecule has 5 heteroatoms. The standard InChI is InChI=1S/C7H8FN3O/c8-4-1-3(7(11)12)5(9)2-6(4)10/h1-2H,9-10H2,(H2,11,12). The fourth-order valence-corrected chi connectivity index (χ4v) is 0.821. The van der Waals surface area contributed by atoms with Crippen LogP contribution < -0.4 is 17.2 Å². The van der Waals surface area contributed by atoms with E-state index in [1.807, 2.05) is 0 Å². The van der Waals surface area contributed by atoms with Crippen LogP contribution >= 0.6 is 0 Å². The number of amides is 1. The fraction of sp³-hybridized carbons (Fsp3) is 0. The molecule has 0 atom stereocenters. The first kappa shape index (κ1) is 8.32. The van der Waals surface area contributed by atoms with Gasteiger partial charge in [0.15, 0.2) is 0 Å². The number of nitrogens with two attached hydrogens (primary N) is 3. The third-order valence-electron chi connectivity index (χ3n) is 1.43. The lowest BCUT2D eigenvalue weighted by Crippen LogP contribution is -2.14. The van der Waals surface area contributed by atoms with Crippen LogP contribution in [-0.2, 0) is 0 Å². The van der Waals surface area contributed by atoms with E-state index in [2.05, 4.69) is 0 Å². The highest BCUT2D eigenvalue weighted by atomic mass is 19.1. The van der Waals surface area contributed by atoms with E-state index in [1.165, 1.54) is 0 Å². The van der Waals surface area contributed by atoms with E-state index in [4.69, 9.17) is 17.2 Å². The molecule has 0 unspecified atom stereocenters. The van der Waals surface area contributed by atoms with Crippen molar-refractivity contribution in [3.8, 4) is 0 Å². The van der Waals surface area contributed by atoms with Crippen molar-refractivity contribution < 1.29 is 9.18 Å². The van der Waals surface area contributed by atoms with E-state index in [-0.39, 0.29) is 16.9 Å². The SMILES string of the molecule is NC(=O)c1cc(F)c(N)cc1N. The fourth-order valence-electron chi connectivity index (χ4n) is 0.821. The molecular formula is C7H8FN3O. The maximum atomic E-state index is 12.7. The first-order valence-electron chi connectivity index (χ1n) is 3.16. The first-order chi connectivity index (χ1) is 5.52. The number of nitrogen functional groups attached to an aromatic ring is 2. The summed E-state index contributed by atoms with van der Waals surface area (Å²) in [6.45, 7) is 0. The van der Waals surface area contributed by atoms with Crippen LogP contribution in [0.1, 0.15) is 10.4 Å². The van der Waals surface area contributed by atoms with Crippen molar-refractivity contribution in [2.45, 2.75) is 0 Å². The molecule has 64 valence electrons. The lowest BCUT2D eigenvalue weighted by Gasteiger charge is -2.03. The Labute approximate surface area is 68.1 Å². The van der Waals surface area contributed by atoms with Crippen molar-refractivity contribution in [3.63, 3.8) is 0 Å². The lowest BCUT2D eigenvalue weighted by atomic mass is 10.1. The van der Waals surface area contributed by atoms with Gasteiger partial charge in [-0.15, -0.1) is 0 Å². The van der Waals surface area contributed by atoms with Crippen molar-refractivity contribution in [3.05, 3.63) is 23.5 Å². The number of benzene rings is 1. The van der Waals surface area contributed by atoms with Crippen LogP contribution in [0, 0.1) is 5.82 Å². The van der Waals surface area contributed by atoms with Gasteiger partial charge in [0, 0.05) is 5.69 Å². The van der Waals surface area contributed by atoms with Crippen LogP contribution in [0.2, 0.25) is 0 Å². The number of halogens is 1. The van der Waals surface area contributed by atoms with Gasteiger partial charge in [0.1, 0.15) is 5.82 Å². The van der Waals surface area contributed by atoms with Crippen LogP contribution in [0.15, 0.2) is 12.1 Å². The topological polar surface area (TPSA) is 95.1 Å². The third-order valence-corrected chi connectivity index (χ3v) is 1.43. The molecule has 0 fully saturated rings. The molecule has 1 amide bonds. The summed E-state index contributed by atoms with van der Waals surface area (Å²) >= 11 is 0. The van der Waals surface area contributed by atoms with Gasteiger partial charge in [-0.3, -0.25) is 4.79 Å². The lowest BCUT2D eigenvalue weighted by molar-refractivity contribution is 0.100. The molecule has 0 spiro atoms. The van der Waals surface area contributed by atoms with Crippen molar-refractivity contribution >= 4 is 17.3 Å². The summed E-state index contributed by atoms with van der Waals surface area (Å²) in [5.41, 5.74) is 15.4. The van der Waals surface area contributed by atoms with Gasteiger partial charge in [-0.1, -0.05) is 0 Å². The molecular weight excluding hydrogens is 161 g/mol. The Morgan fingerprint density at radius 1 is 1.25 bits per heavy atom. The Morgan fingerprint density at radius 3 is 2.33 bits per heavy atom. The van der Waals surface area contributed by atoms with Crippen molar-refractivity contribution in [1.29, 1.82) is 0 Å². The minimum atomic E-state index is -0.772. The summed E-state index contributed by atoms with van der Waals surface area (Å²) in [7, 11) is 0. The first-order valence-corrected chi connectivity index (χ1v) is 3.16. The minimum absolute atomic E-state index is 0.0540. The summed E-state index contributed by atoms with van der Waals surface area (Å²) in [5.74, 6) is -1.47. The molecule has 1 rings (SSSR count).